The van der Waals surface area contributed by atoms with Gasteiger partial charge in [0, 0.05) is 44.2 Å². The van der Waals surface area contributed by atoms with Crippen LogP contribution in [0.25, 0.3) is 0 Å². The van der Waals surface area contributed by atoms with E-state index in [0.717, 1.165) is 0 Å². The number of ether oxygens (including phenoxy) is 1. The number of benzene rings is 2. The van der Waals surface area contributed by atoms with Gasteiger partial charge in [0.15, 0.2) is 0 Å². The molecule has 7 nitrogen and oxygen atoms in total. The molecular formula is C27H29F2N3O4. The van der Waals surface area contributed by atoms with Crippen LogP contribution in [0.5, 0.6) is 0 Å². The fourth-order valence-corrected chi connectivity index (χ4v) is 4.84. The van der Waals surface area contributed by atoms with Gasteiger partial charge in [0.1, 0.15) is 18.2 Å². The molecule has 1 fully saturated rings. The third-order valence-corrected chi connectivity index (χ3v) is 6.72. The highest BCUT2D eigenvalue weighted by atomic mass is 19.1. The third-order valence-electron chi connectivity index (χ3n) is 6.72. The van der Waals surface area contributed by atoms with Crippen LogP contribution in [0.1, 0.15) is 31.7 Å². The van der Waals surface area contributed by atoms with Crippen molar-refractivity contribution >= 4 is 23.5 Å². The van der Waals surface area contributed by atoms with Gasteiger partial charge in [-0.1, -0.05) is 30.3 Å². The molecule has 1 unspecified atom stereocenters. The van der Waals surface area contributed by atoms with Gasteiger partial charge in [-0.3, -0.25) is 9.59 Å². The van der Waals surface area contributed by atoms with Crippen LogP contribution in [0.2, 0.25) is 0 Å². The number of hydrogen-bond donors (Lipinski definition) is 0. The number of carbonyl (C=O) groups excluding carboxylic acids is 3. The van der Waals surface area contributed by atoms with E-state index in [4.69, 9.17) is 4.74 Å². The molecule has 1 saturated heterocycles. The number of halogens is 2. The van der Waals surface area contributed by atoms with Crippen molar-refractivity contribution in [1.82, 2.24) is 9.80 Å². The molecule has 0 aromatic heterocycles. The summed E-state index contributed by atoms with van der Waals surface area (Å²) in [6.45, 7) is 4.80. The van der Waals surface area contributed by atoms with Crippen molar-refractivity contribution in [1.29, 1.82) is 0 Å². The fourth-order valence-electron chi connectivity index (χ4n) is 4.84. The highest BCUT2D eigenvalue weighted by Crippen LogP contribution is 2.38. The lowest BCUT2D eigenvalue weighted by molar-refractivity contribution is -0.142. The number of amides is 2. The Kier molecular flexibility index (Phi) is 7.67. The van der Waals surface area contributed by atoms with E-state index in [1.54, 1.807) is 55.1 Å². The van der Waals surface area contributed by atoms with E-state index in [1.165, 1.54) is 17.0 Å². The molecule has 36 heavy (non-hydrogen) atoms. The highest BCUT2D eigenvalue weighted by molar-refractivity contribution is 5.97. The minimum absolute atomic E-state index is 0.124. The van der Waals surface area contributed by atoms with Crippen LogP contribution < -0.4 is 4.90 Å². The Balaban J connectivity index is 1.52. The first-order chi connectivity index (χ1) is 17.3. The van der Waals surface area contributed by atoms with Gasteiger partial charge >= 0.3 is 5.97 Å². The minimum atomic E-state index is -0.798. The van der Waals surface area contributed by atoms with Crippen LogP contribution in [0, 0.1) is 11.6 Å². The summed E-state index contributed by atoms with van der Waals surface area (Å²) in [5.41, 5.74) is 1.20. The number of hydrogen-bond acceptors (Lipinski definition) is 5. The van der Waals surface area contributed by atoms with Crippen molar-refractivity contribution in [3.05, 3.63) is 77.0 Å². The zero-order valence-electron chi connectivity index (χ0n) is 20.4. The monoisotopic (exact) mass is 497 g/mol. The first kappa shape index (κ1) is 25.3. The molecule has 0 saturated carbocycles. The maximum absolute atomic E-state index is 14.6. The summed E-state index contributed by atoms with van der Waals surface area (Å²) >= 11 is 0. The molecule has 2 amide bonds. The lowest BCUT2D eigenvalue weighted by Gasteiger charge is -2.38. The van der Waals surface area contributed by atoms with Crippen LogP contribution in [0.3, 0.4) is 0 Å². The predicted molar refractivity (Wildman–Crippen MR) is 130 cm³/mol. The molecule has 0 radical (unpaired) electrons. The highest BCUT2D eigenvalue weighted by Gasteiger charge is 2.39. The van der Waals surface area contributed by atoms with Crippen LogP contribution >= 0.6 is 0 Å². The van der Waals surface area contributed by atoms with E-state index >= 15 is 0 Å². The Morgan fingerprint density at radius 1 is 0.972 bits per heavy atom. The maximum atomic E-state index is 14.6. The zero-order valence-corrected chi connectivity index (χ0v) is 20.4. The molecule has 4 rings (SSSR count). The number of esters is 1. The molecule has 2 aliphatic rings. The van der Waals surface area contributed by atoms with Crippen molar-refractivity contribution in [3.8, 4) is 0 Å². The Morgan fingerprint density at radius 2 is 1.61 bits per heavy atom. The van der Waals surface area contributed by atoms with Gasteiger partial charge in [-0.15, -0.1) is 0 Å². The van der Waals surface area contributed by atoms with E-state index in [9.17, 15) is 23.2 Å². The van der Waals surface area contributed by atoms with Crippen molar-refractivity contribution in [2.45, 2.75) is 26.2 Å². The number of allylic oxidation sites excluding steroid dienone is 1. The van der Waals surface area contributed by atoms with Gasteiger partial charge in [-0.05, 0) is 37.6 Å². The number of piperazine rings is 1. The second-order valence-electron chi connectivity index (χ2n) is 8.80. The van der Waals surface area contributed by atoms with E-state index < -0.39 is 17.7 Å². The van der Waals surface area contributed by atoms with Crippen LogP contribution in [-0.2, 0) is 19.1 Å². The molecule has 0 spiro atoms. The predicted octanol–water partition coefficient (Wildman–Crippen LogP) is 3.47. The Hall–Kier alpha value is -3.75. The van der Waals surface area contributed by atoms with E-state index in [-0.39, 0.29) is 54.0 Å². The average Bonchev–Trinajstić information content (AvgIpc) is 2.87. The number of nitrogens with zero attached hydrogens (tertiary/aromatic N) is 3. The molecule has 2 aromatic carbocycles. The second-order valence-corrected chi connectivity index (χ2v) is 8.80. The molecule has 2 aromatic rings. The number of anilines is 1. The lowest BCUT2D eigenvalue weighted by Crippen LogP contribution is -2.52. The Morgan fingerprint density at radius 3 is 2.25 bits per heavy atom. The second kappa shape index (κ2) is 10.9. The summed E-state index contributed by atoms with van der Waals surface area (Å²) in [4.78, 5) is 43.9. The van der Waals surface area contributed by atoms with Gasteiger partial charge in [0.2, 0.25) is 11.8 Å². The average molecular weight is 498 g/mol. The summed E-state index contributed by atoms with van der Waals surface area (Å²) in [6.07, 6.45) is -0.152. The molecule has 0 bridgehead atoms. The SMILES string of the molecule is CCOC(=O)C1=C(C)N(CC(=O)N2CCN(c3ccccc3F)CC2)C(=O)CC1c1ccccc1F. The van der Waals surface area contributed by atoms with E-state index in [2.05, 4.69) is 0 Å². The van der Waals surface area contributed by atoms with E-state index in [1.807, 2.05) is 4.90 Å². The normalized spacial score (nSPS) is 18.5. The van der Waals surface area contributed by atoms with Crippen LogP contribution in [0.15, 0.2) is 59.8 Å². The smallest absolute Gasteiger partial charge is 0.336 e. The number of carbonyl (C=O) groups is 3. The summed E-state index contributed by atoms with van der Waals surface area (Å²) in [5.74, 6) is -2.90. The topological polar surface area (TPSA) is 70.2 Å². The molecule has 2 heterocycles. The largest absolute Gasteiger partial charge is 0.463 e. The first-order valence-electron chi connectivity index (χ1n) is 12.0. The maximum Gasteiger partial charge on any atom is 0.336 e. The number of para-hydroxylation sites is 1. The summed E-state index contributed by atoms with van der Waals surface area (Å²) in [7, 11) is 0. The summed E-state index contributed by atoms with van der Waals surface area (Å²) < 4.78 is 33.9. The molecule has 2 aliphatic heterocycles. The van der Waals surface area contributed by atoms with Gasteiger partial charge in [-0.25, -0.2) is 13.6 Å². The first-order valence-corrected chi connectivity index (χ1v) is 12.0. The Labute approximate surface area is 208 Å². The molecular weight excluding hydrogens is 468 g/mol. The third kappa shape index (κ3) is 5.10. The van der Waals surface area contributed by atoms with Gasteiger partial charge < -0.3 is 19.4 Å². The molecule has 9 heteroatoms. The van der Waals surface area contributed by atoms with Crippen molar-refractivity contribution in [3.63, 3.8) is 0 Å². The molecule has 190 valence electrons. The van der Waals surface area contributed by atoms with Gasteiger partial charge in [-0.2, -0.15) is 0 Å². The lowest BCUT2D eigenvalue weighted by atomic mass is 9.83. The van der Waals surface area contributed by atoms with Crippen molar-refractivity contribution in [2.24, 2.45) is 0 Å². The Bertz CT molecular complexity index is 1190. The quantitative estimate of drug-likeness (QED) is 0.572. The molecule has 0 N–H and O–H groups in total. The fraction of sp³-hybridized carbons (Fsp3) is 0.370. The minimum Gasteiger partial charge on any atom is -0.463 e. The van der Waals surface area contributed by atoms with Gasteiger partial charge in [0.05, 0.1) is 17.9 Å². The molecule has 1 atom stereocenters. The summed E-state index contributed by atoms with van der Waals surface area (Å²) in [5, 5.41) is 0. The van der Waals surface area contributed by atoms with Crippen LogP contribution in [0.4, 0.5) is 14.5 Å². The van der Waals surface area contributed by atoms with Crippen molar-refractivity contribution < 1.29 is 27.9 Å². The number of rotatable bonds is 6. The standard InChI is InChI=1S/C27H29F2N3O4/c1-3-36-27(35)26-18(2)32(24(33)16-20(26)19-8-4-5-9-21(19)28)17-25(34)31-14-12-30(13-15-31)23-11-7-6-10-22(23)29/h4-11,20H,3,12-17H2,1-2H3. The summed E-state index contributed by atoms with van der Waals surface area (Å²) in [6, 6.07) is 12.5. The zero-order chi connectivity index (χ0) is 25.8. The van der Waals surface area contributed by atoms with E-state index in [0.29, 0.717) is 31.9 Å². The molecule has 0 aliphatic carbocycles. The van der Waals surface area contributed by atoms with Gasteiger partial charge in [0.25, 0.3) is 0 Å². The van der Waals surface area contributed by atoms with Crippen molar-refractivity contribution in [2.75, 3.05) is 44.2 Å². The van der Waals surface area contributed by atoms with Crippen LogP contribution in [-0.4, -0.2) is 66.9 Å².